The van der Waals surface area contributed by atoms with Gasteiger partial charge in [0.15, 0.2) is 0 Å². The van der Waals surface area contributed by atoms with Crippen LogP contribution in [0.25, 0.3) is 0 Å². The molecule has 2 aromatic carbocycles. The molecule has 0 N–H and O–H groups in total. The van der Waals surface area contributed by atoms with Gasteiger partial charge in [0.2, 0.25) is 0 Å². The minimum Gasteiger partial charge on any atom is -0.407 e. The average Bonchev–Trinajstić information content (AvgIpc) is 2.59. The Morgan fingerprint density at radius 1 is 0.960 bits per heavy atom. The molecule has 0 aliphatic rings. The van der Waals surface area contributed by atoms with Gasteiger partial charge in [0.1, 0.15) is 0 Å². The Kier molecular flexibility index (Phi) is 7.46. The Bertz CT molecular complexity index is 622. The molecule has 0 radical (unpaired) electrons. The van der Waals surface area contributed by atoms with E-state index in [9.17, 15) is 0 Å². The van der Waals surface area contributed by atoms with Gasteiger partial charge in [0.05, 0.1) is 0 Å². The Hall–Kier alpha value is -0.913. The first-order chi connectivity index (χ1) is 11.9. The van der Waals surface area contributed by atoms with Crippen LogP contribution in [0.2, 0.25) is 5.04 Å². The molecule has 1 nitrogen and oxygen atoms in total. The van der Waals surface area contributed by atoms with Crippen molar-refractivity contribution >= 4 is 41.3 Å². The van der Waals surface area contributed by atoms with Gasteiger partial charge < -0.3 is 4.43 Å². The second-order valence-corrected chi connectivity index (χ2v) is 12.6. The van der Waals surface area contributed by atoms with Crippen LogP contribution in [0.15, 0.2) is 70.8 Å². The van der Waals surface area contributed by atoms with Crippen LogP contribution in [0.3, 0.4) is 0 Å². The van der Waals surface area contributed by atoms with Crippen LogP contribution >= 0.6 is 22.6 Å². The van der Waals surface area contributed by atoms with Crippen LogP contribution < -0.4 is 10.4 Å². The highest BCUT2D eigenvalue weighted by Gasteiger charge is 2.49. The lowest BCUT2D eigenvalue weighted by Crippen LogP contribution is -2.66. The third kappa shape index (κ3) is 4.83. The van der Waals surface area contributed by atoms with Crippen molar-refractivity contribution in [1.29, 1.82) is 0 Å². The molecule has 0 aliphatic carbocycles. The fraction of sp³-hybridized carbons (Fsp3) is 0.364. The highest BCUT2D eigenvalue weighted by atomic mass is 127. The zero-order valence-corrected chi connectivity index (χ0v) is 18.9. The van der Waals surface area contributed by atoms with Crippen LogP contribution in [-0.4, -0.2) is 14.9 Å². The summed E-state index contributed by atoms with van der Waals surface area (Å²) >= 11 is 2.29. The summed E-state index contributed by atoms with van der Waals surface area (Å²) in [6.07, 6.45) is 3.29. The Morgan fingerprint density at radius 2 is 1.44 bits per heavy atom. The predicted molar refractivity (Wildman–Crippen MR) is 121 cm³/mol. The van der Waals surface area contributed by atoms with Crippen molar-refractivity contribution in [1.82, 2.24) is 0 Å². The molecule has 0 unspecified atom stereocenters. The summed E-state index contributed by atoms with van der Waals surface area (Å²) in [5, 5.41) is 2.76. The SMILES string of the molecule is C[C@H](/C=C/I)CCO[Si](c1ccccc1)(c1ccccc1)C(C)(C)C. The van der Waals surface area contributed by atoms with Crippen molar-refractivity contribution in [3.05, 3.63) is 70.8 Å². The molecule has 2 aromatic rings. The molecule has 0 fully saturated rings. The Morgan fingerprint density at radius 3 is 1.84 bits per heavy atom. The zero-order valence-electron chi connectivity index (χ0n) is 15.7. The van der Waals surface area contributed by atoms with Crippen LogP contribution in [0, 0.1) is 5.92 Å². The van der Waals surface area contributed by atoms with Crippen LogP contribution in [0.1, 0.15) is 34.1 Å². The van der Waals surface area contributed by atoms with E-state index in [0.717, 1.165) is 13.0 Å². The maximum atomic E-state index is 6.89. The highest BCUT2D eigenvalue weighted by molar-refractivity contribution is 14.1. The van der Waals surface area contributed by atoms with Gasteiger partial charge in [-0.1, -0.05) is 117 Å². The summed E-state index contributed by atoms with van der Waals surface area (Å²) < 4.78 is 8.99. The van der Waals surface area contributed by atoms with Crippen molar-refractivity contribution in [2.75, 3.05) is 6.61 Å². The first kappa shape index (κ1) is 20.4. The van der Waals surface area contributed by atoms with Crippen molar-refractivity contribution in [2.45, 2.75) is 39.2 Å². The summed E-state index contributed by atoms with van der Waals surface area (Å²) in [5.41, 5.74) is 0. The van der Waals surface area contributed by atoms with E-state index in [0.29, 0.717) is 5.92 Å². The van der Waals surface area contributed by atoms with Crippen LogP contribution in [-0.2, 0) is 4.43 Å². The van der Waals surface area contributed by atoms with Crippen molar-refractivity contribution in [3.8, 4) is 0 Å². The molecule has 0 spiro atoms. The fourth-order valence-electron chi connectivity index (χ4n) is 3.38. The topological polar surface area (TPSA) is 9.23 Å². The number of hydrogen-bond donors (Lipinski definition) is 0. The molecule has 1 atom stereocenters. The Labute approximate surface area is 167 Å². The van der Waals surface area contributed by atoms with Crippen LogP contribution in [0.5, 0.6) is 0 Å². The maximum absolute atomic E-state index is 6.89. The first-order valence-corrected chi connectivity index (χ1v) is 12.1. The van der Waals surface area contributed by atoms with E-state index in [1.54, 1.807) is 0 Å². The number of rotatable bonds is 7. The smallest absolute Gasteiger partial charge is 0.261 e. The lowest BCUT2D eigenvalue weighted by Gasteiger charge is -2.43. The number of allylic oxidation sites excluding steroid dienone is 1. The van der Waals surface area contributed by atoms with Gasteiger partial charge in [-0.2, -0.15) is 0 Å². The minimum atomic E-state index is -2.37. The molecule has 2 rings (SSSR count). The van der Waals surface area contributed by atoms with Crippen LogP contribution in [0.4, 0.5) is 0 Å². The predicted octanol–water partition coefficient (Wildman–Crippen LogP) is 5.54. The summed E-state index contributed by atoms with van der Waals surface area (Å²) in [6, 6.07) is 21.7. The van der Waals surface area contributed by atoms with E-state index in [-0.39, 0.29) is 5.04 Å². The third-order valence-electron chi connectivity index (χ3n) is 4.71. The molecule has 25 heavy (non-hydrogen) atoms. The molecule has 0 heterocycles. The minimum absolute atomic E-state index is 0.0536. The van der Waals surface area contributed by atoms with Gasteiger partial charge in [-0.25, -0.2) is 0 Å². The average molecular weight is 464 g/mol. The molecule has 0 saturated heterocycles. The summed E-state index contributed by atoms with van der Waals surface area (Å²) in [7, 11) is -2.37. The first-order valence-electron chi connectivity index (χ1n) is 8.93. The Balaban J connectivity index is 2.46. The highest BCUT2D eigenvalue weighted by Crippen LogP contribution is 2.36. The van der Waals surface area contributed by atoms with E-state index in [2.05, 4.69) is 121 Å². The third-order valence-corrected chi connectivity index (χ3v) is 10.2. The lowest BCUT2D eigenvalue weighted by molar-refractivity contribution is 0.279. The summed E-state index contributed by atoms with van der Waals surface area (Å²) in [5.74, 6) is 0.537. The molecule has 3 heteroatoms. The monoisotopic (exact) mass is 464 g/mol. The quantitative estimate of drug-likeness (QED) is 0.386. The lowest BCUT2D eigenvalue weighted by atomic mass is 10.1. The zero-order chi connectivity index (χ0) is 18.3. The van der Waals surface area contributed by atoms with E-state index >= 15 is 0 Å². The molecule has 0 saturated carbocycles. The second-order valence-electron chi connectivity index (χ2n) is 7.60. The van der Waals surface area contributed by atoms with Gasteiger partial charge in [-0.3, -0.25) is 0 Å². The van der Waals surface area contributed by atoms with E-state index in [1.165, 1.54) is 10.4 Å². The van der Waals surface area contributed by atoms with Crippen molar-refractivity contribution in [2.24, 2.45) is 5.92 Å². The largest absolute Gasteiger partial charge is 0.407 e. The fourth-order valence-corrected chi connectivity index (χ4v) is 8.67. The van der Waals surface area contributed by atoms with E-state index in [1.807, 2.05) is 0 Å². The molecule has 0 aliphatic heterocycles. The molecule has 0 aromatic heterocycles. The molecule has 134 valence electrons. The van der Waals surface area contributed by atoms with Gasteiger partial charge in [0.25, 0.3) is 8.32 Å². The normalized spacial score (nSPS) is 14.0. The van der Waals surface area contributed by atoms with Gasteiger partial charge >= 0.3 is 0 Å². The van der Waals surface area contributed by atoms with Gasteiger partial charge in [-0.05, 0) is 31.8 Å². The summed E-state index contributed by atoms with van der Waals surface area (Å²) in [4.78, 5) is 0. The van der Waals surface area contributed by atoms with E-state index < -0.39 is 8.32 Å². The maximum Gasteiger partial charge on any atom is 0.261 e. The molecule has 0 amide bonds. The van der Waals surface area contributed by atoms with Gasteiger partial charge in [-0.15, -0.1) is 0 Å². The number of hydrogen-bond acceptors (Lipinski definition) is 1. The molecular formula is C22H29IOSi. The number of benzene rings is 2. The van der Waals surface area contributed by atoms with Crippen molar-refractivity contribution < 1.29 is 4.43 Å². The van der Waals surface area contributed by atoms with Gasteiger partial charge in [0, 0.05) is 6.61 Å². The standard InChI is InChI=1S/C22H29IOSi/c1-19(15-17-23)16-18-24-25(22(2,3)4,20-11-7-5-8-12-20)21-13-9-6-10-14-21/h5-15,17,19H,16,18H2,1-4H3/b17-15+/t19-/m1/s1. The molecular weight excluding hydrogens is 435 g/mol. The van der Waals surface area contributed by atoms with Crippen molar-refractivity contribution in [3.63, 3.8) is 0 Å². The molecule has 0 bridgehead atoms. The summed E-state index contributed by atoms with van der Waals surface area (Å²) in [6.45, 7) is 10.0. The second kappa shape index (κ2) is 9.15. The number of halogens is 1. The van der Waals surface area contributed by atoms with E-state index in [4.69, 9.17) is 4.43 Å².